The van der Waals surface area contributed by atoms with Crippen molar-refractivity contribution in [3.05, 3.63) is 0 Å². The number of rotatable bonds is 4. The molecule has 2 N–H and O–H groups in total. The third-order valence-electron chi connectivity index (χ3n) is 8.06. The lowest BCUT2D eigenvalue weighted by Gasteiger charge is -2.25. The summed E-state index contributed by atoms with van der Waals surface area (Å²) >= 11 is 0. The molecule has 2 saturated heterocycles. The fraction of sp³-hybridized carbons (Fsp3) is 0.812. The number of carbonyl (C=O) groups excluding carboxylic acids is 5. The van der Waals surface area contributed by atoms with Gasteiger partial charge in [-0.05, 0) is 62.2 Å². The van der Waals surface area contributed by atoms with Crippen molar-refractivity contribution < 1.29 is 48.1 Å². The van der Waals surface area contributed by atoms with E-state index in [9.17, 15) is 14.4 Å². The van der Waals surface area contributed by atoms with Gasteiger partial charge in [0.05, 0.1) is 19.6 Å². The van der Waals surface area contributed by atoms with Gasteiger partial charge in [0, 0.05) is 18.4 Å². The molecule has 4 aliphatic rings. The molecular formula is C32H57NO10. The van der Waals surface area contributed by atoms with Gasteiger partial charge in [0.1, 0.15) is 19.1 Å². The van der Waals surface area contributed by atoms with Crippen molar-refractivity contribution in [2.75, 3.05) is 20.3 Å². The average Bonchev–Trinajstić information content (AvgIpc) is 3.38. The van der Waals surface area contributed by atoms with Crippen LogP contribution in [0.2, 0.25) is 0 Å². The van der Waals surface area contributed by atoms with Crippen LogP contribution in [0.4, 0.5) is 0 Å². The quantitative estimate of drug-likeness (QED) is 0.256. The zero-order valence-electron chi connectivity index (χ0n) is 28.3. The van der Waals surface area contributed by atoms with Crippen LogP contribution in [0.5, 0.6) is 0 Å². The second kappa shape index (κ2) is 18.1. The van der Waals surface area contributed by atoms with Crippen LogP contribution in [-0.2, 0) is 43.0 Å². The van der Waals surface area contributed by atoms with Crippen molar-refractivity contribution in [3.63, 3.8) is 0 Å². The maximum atomic E-state index is 12.1. The highest BCUT2D eigenvalue weighted by Gasteiger charge is 2.68. The molecule has 2 aliphatic heterocycles. The summed E-state index contributed by atoms with van der Waals surface area (Å²) in [6.07, 6.45) is 5.87. The number of ether oxygens (including phenoxy) is 3. The minimum absolute atomic E-state index is 0.00887. The minimum atomic E-state index is -0.833. The Morgan fingerprint density at radius 3 is 1.79 bits per heavy atom. The monoisotopic (exact) mass is 615 g/mol. The number of hydrogen-bond acceptors (Lipinski definition) is 10. The molecule has 5 atom stereocenters. The molecule has 11 nitrogen and oxygen atoms in total. The summed E-state index contributed by atoms with van der Waals surface area (Å²) < 4.78 is 14.5. The smallest absolute Gasteiger partial charge is 0.344 e. The maximum absolute atomic E-state index is 12.1. The Morgan fingerprint density at radius 2 is 1.44 bits per heavy atom. The first-order valence-electron chi connectivity index (χ1n) is 14.7. The standard InChI is InChI=1S/C13H23NO4.C9H12O2.C6H14.C2H4O2.2CH2O/c1-11(2,3)8-13(12(4,5)14-13)10(16)18-7-9(15)17-6;10-9-8-6-2-1-5(3-6)7(8)4-11-9;1-5-6(2,3)4;1-2(3)4;2*1-2/h14H,7-8H2,1-6H3;5-8H,1-4H2;5H2,1-4H3;1H3,(H,3,4);2*1H2. The van der Waals surface area contributed by atoms with Gasteiger partial charge in [-0.1, -0.05) is 54.9 Å². The van der Waals surface area contributed by atoms with Gasteiger partial charge in [-0.3, -0.25) is 14.9 Å². The number of aliphatic carboxylic acids is 1. The van der Waals surface area contributed by atoms with Gasteiger partial charge in [-0.15, -0.1) is 0 Å². The molecule has 0 aromatic heterocycles. The normalized spacial score (nSPS) is 26.6. The van der Waals surface area contributed by atoms with Gasteiger partial charge in [0.15, 0.2) is 6.61 Å². The van der Waals surface area contributed by atoms with Gasteiger partial charge >= 0.3 is 17.9 Å². The summed E-state index contributed by atoms with van der Waals surface area (Å²) in [4.78, 5) is 59.4. The van der Waals surface area contributed by atoms with E-state index in [1.54, 1.807) is 0 Å². The highest BCUT2D eigenvalue weighted by Crippen LogP contribution is 2.55. The first-order valence-corrected chi connectivity index (χ1v) is 14.7. The van der Waals surface area contributed by atoms with Crippen LogP contribution < -0.4 is 5.32 Å². The van der Waals surface area contributed by atoms with Crippen molar-refractivity contribution in [2.45, 2.75) is 112 Å². The molecule has 0 radical (unpaired) electrons. The van der Waals surface area contributed by atoms with E-state index >= 15 is 0 Å². The number of esters is 3. The Balaban J connectivity index is 0. The molecule has 2 saturated carbocycles. The van der Waals surface area contributed by atoms with Crippen LogP contribution in [0.15, 0.2) is 0 Å². The van der Waals surface area contributed by atoms with Crippen LogP contribution in [-0.4, -0.2) is 74.0 Å². The summed E-state index contributed by atoms with van der Waals surface area (Å²) in [5.74, 6) is 0.786. The highest BCUT2D eigenvalue weighted by molar-refractivity contribution is 5.89. The molecular weight excluding hydrogens is 558 g/mol. The number of carbonyl (C=O) groups is 6. The van der Waals surface area contributed by atoms with E-state index in [4.69, 9.17) is 29.0 Å². The number of methoxy groups -OCH3 is 1. The predicted octanol–water partition coefficient (Wildman–Crippen LogP) is 4.63. The third-order valence-corrected chi connectivity index (χ3v) is 8.06. The second-order valence-electron chi connectivity index (χ2n) is 14.1. The molecule has 250 valence electrons. The van der Waals surface area contributed by atoms with Gasteiger partial charge < -0.3 is 28.9 Å². The first-order chi connectivity index (χ1) is 19.7. The lowest BCUT2D eigenvalue weighted by molar-refractivity contribution is -0.159. The zero-order valence-corrected chi connectivity index (χ0v) is 28.3. The topological polar surface area (TPSA) is 172 Å². The van der Waals surface area contributed by atoms with Crippen molar-refractivity contribution in [1.29, 1.82) is 0 Å². The number of nitrogens with one attached hydrogen (secondary N) is 1. The summed E-state index contributed by atoms with van der Waals surface area (Å²) in [5, 5.41) is 10.6. The van der Waals surface area contributed by atoms with Gasteiger partial charge in [-0.25, -0.2) is 9.59 Å². The van der Waals surface area contributed by atoms with Crippen LogP contribution in [0.1, 0.15) is 101 Å². The number of fused-ring (bicyclic) bond motifs is 5. The minimum Gasteiger partial charge on any atom is -0.481 e. The van der Waals surface area contributed by atoms with E-state index in [0.717, 1.165) is 19.4 Å². The second-order valence-corrected chi connectivity index (χ2v) is 14.1. The molecule has 43 heavy (non-hydrogen) atoms. The van der Waals surface area contributed by atoms with Crippen molar-refractivity contribution >= 4 is 37.5 Å². The van der Waals surface area contributed by atoms with E-state index in [1.807, 2.05) is 27.4 Å². The Hall–Kier alpha value is -2.82. The van der Waals surface area contributed by atoms with Crippen LogP contribution in [0, 0.1) is 34.5 Å². The van der Waals surface area contributed by atoms with Gasteiger partial charge in [-0.2, -0.15) is 0 Å². The molecule has 0 aromatic rings. The lowest BCUT2D eigenvalue weighted by atomic mass is 9.79. The zero-order chi connectivity index (χ0) is 34.4. The van der Waals surface area contributed by atoms with E-state index in [2.05, 4.69) is 58.5 Å². The Kier molecular flexibility index (Phi) is 17.8. The summed E-state index contributed by atoms with van der Waals surface area (Å²) in [5.41, 5.74) is -0.461. The van der Waals surface area contributed by atoms with E-state index in [1.165, 1.54) is 32.8 Å². The molecule has 4 rings (SSSR count). The largest absolute Gasteiger partial charge is 0.481 e. The highest BCUT2D eigenvalue weighted by atomic mass is 16.6. The van der Waals surface area contributed by atoms with Crippen molar-refractivity contribution in [3.8, 4) is 0 Å². The van der Waals surface area contributed by atoms with Gasteiger partial charge in [0.2, 0.25) is 0 Å². The first kappa shape index (κ1) is 42.3. The third kappa shape index (κ3) is 14.0. The Morgan fingerprint density at radius 1 is 1.00 bits per heavy atom. The molecule has 5 unspecified atom stereocenters. The SMILES string of the molecule is C=O.C=O.CC(=O)O.CCC(C)(C)C.COC(=O)COC(=O)C1(CC(C)(C)C)NC1(C)C.O=C1OCC2C3CCC(C3)C12. The molecule has 2 bridgehead atoms. The summed E-state index contributed by atoms with van der Waals surface area (Å²) in [6, 6.07) is 0. The molecule has 0 amide bonds. The predicted molar refractivity (Wildman–Crippen MR) is 163 cm³/mol. The molecule has 0 spiro atoms. The lowest BCUT2D eigenvalue weighted by Crippen LogP contribution is -2.38. The summed E-state index contributed by atoms with van der Waals surface area (Å²) in [6.45, 7) is 24.5. The van der Waals surface area contributed by atoms with Crippen LogP contribution in [0.25, 0.3) is 0 Å². The average molecular weight is 616 g/mol. The Bertz CT molecular complexity index is 899. The molecule has 0 aromatic carbocycles. The van der Waals surface area contributed by atoms with Crippen molar-refractivity contribution in [1.82, 2.24) is 5.32 Å². The fourth-order valence-electron chi connectivity index (χ4n) is 5.54. The molecule has 4 fully saturated rings. The maximum Gasteiger partial charge on any atom is 0.344 e. The molecule has 2 aliphatic carbocycles. The van der Waals surface area contributed by atoms with Crippen LogP contribution in [0.3, 0.4) is 0 Å². The summed E-state index contributed by atoms with van der Waals surface area (Å²) in [7, 11) is 1.26. The van der Waals surface area contributed by atoms with Crippen molar-refractivity contribution in [2.24, 2.45) is 34.5 Å². The number of carboxylic acids is 1. The number of carboxylic acid groups (broad SMARTS) is 1. The number of hydrogen-bond donors (Lipinski definition) is 2. The van der Waals surface area contributed by atoms with E-state index in [-0.39, 0.29) is 29.5 Å². The van der Waals surface area contributed by atoms with Crippen LogP contribution >= 0.6 is 0 Å². The Labute approximate surface area is 258 Å². The van der Waals surface area contributed by atoms with Gasteiger partial charge in [0.25, 0.3) is 5.97 Å². The molecule has 11 heteroatoms. The van der Waals surface area contributed by atoms with E-state index < -0.39 is 17.5 Å². The fourth-order valence-corrected chi connectivity index (χ4v) is 5.54. The molecule has 2 heterocycles. The number of cyclic esters (lactones) is 1. The van der Waals surface area contributed by atoms with E-state index in [0.29, 0.717) is 29.6 Å².